The maximum atomic E-state index is 12.8. The van der Waals surface area contributed by atoms with E-state index in [9.17, 15) is 9.59 Å². The number of nitrogens with zero attached hydrogens (tertiary/aromatic N) is 3. The number of hydrogen-bond acceptors (Lipinski definition) is 7. The number of rotatable bonds is 9. The second kappa shape index (κ2) is 12.8. The molecule has 1 fully saturated rings. The summed E-state index contributed by atoms with van der Waals surface area (Å²) in [7, 11) is 0. The van der Waals surface area contributed by atoms with Gasteiger partial charge in [0.25, 0.3) is 0 Å². The molecule has 2 aromatic heterocycles. The van der Waals surface area contributed by atoms with E-state index in [4.69, 9.17) is 4.74 Å². The molecule has 0 aliphatic carbocycles. The third-order valence-corrected chi connectivity index (χ3v) is 8.26. The van der Waals surface area contributed by atoms with Crippen molar-refractivity contribution in [3.8, 4) is 22.4 Å². The summed E-state index contributed by atoms with van der Waals surface area (Å²) in [4.78, 5) is 35.5. The number of carbonyl (C=O) groups is 2. The molecule has 218 valence electrons. The summed E-state index contributed by atoms with van der Waals surface area (Å²) in [5.74, 6) is 0.400. The van der Waals surface area contributed by atoms with Crippen LogP contribution in [0.15, 0.2) is 67.4 Å². The molecule has 5 rings (SSSR count). The van der Waals surface area contributed by atoms with Crippen LogP contribution in [-0.4, -0.2) is 64.2 Å². The number of aromatic nitrogens is 2. The van der Waals surface area contributed by atoms with Gasteiger partial charge in [-0.15, -0.1) is 0 Å². The van der Waals surface area contributed by atoms with Gasteiger partial charge < -0.3 is 19.9 Å². The first kappa shape index (κ1) is 29.4. The van der Waals surface area contributed by atoms with E-state index in [1.54, 1.807) is 6.20 Å². The summed E-state index contributed by atoms with van der Waals surface area (Å²) in [6.45, 7) is 15.4. The first-order valence-electron chi connectivity index (χ1n) is 14.3. The molecule has 0 radical (unpaired) electrons. The lowest BCUT2D eigenvalue weighted by Crippen LogP contribution is -2.43. The van der Waals surface area contributed by atoms with E-state index in [-0.39, 0.29) is 12.0 Å². The Hall–Kier alpha value is -4.08. The lowest BCUT2D eigenvalue weighted by molar-refractivity contribution is -0.111. The molecule has 4 aromatic rings. The minimum Gasteiger partial charge on any atom is -0.459 e. The van der Waals surface area contributed by atoms with E-state index in [0.29, 0.717) is 16.9 Å². The Morgan fingerprint density at radius 3 is 2.48 bits per heavy atom. The van der Waals surface area contributed by atoms with Crippen molar-refractivity contribution >= 4 is 46.2 Å². The van der Waals surface area contributed by atoms with Gasteiger partial charge in [0, 0.05) is 60.5 Å². The summed E-state index contributed by atoms with van der Waals surface area (Å²) >= 11 is 1.90. The predicted octanol–water partition coefficient (Wildman–Crippen LogP) is 6.69. The highest BCUT2D eigenvalue weighted by molar-refractivity contribution is 7.96. The van der Waals surface area contributed by atoms with E-state index in [1.165, 1.54) is 11.8 Å². The molecule has 3 heterocycles. The first-order valence-corrected chi connectivity index (χ1v) is 15.2. The third-order valence-electron chi connectivity index (χ3n) is 7.27. The largest absolute Gasteiger partial charge is 0.459 e. The zero-order chi connectivity index (χ0) is 29.8. The molecule has 1 saturated heterocycles. The predicted molar refractivity (Wildman–Crippen MR) is 173 cm³/mol. The fraction of sp³-hybridized carbons (Fsp3) is 0.303. The fourth-order valence-corrected chi connectivity index (χ4v) is 5.96. The van der Waals surface area contributed by atoms with Crippen molar-refractivity contribution in [2.75, 3.05) is 42.1 Å². The van der Waals surface area contributed by atoms with Crippen molar-refractivity contribution in [1.29, 1.82) is 0 Å². The van der Waals surface area contributed by atoms with Crippen LogP contribution in [0.25, 0.3) is 33.4 Å². The van der Waals surface area contributed by atoms with Crippen LogP contribution < -0.4 is 10.2 Å². The van der Waals surface area contributed by atoms with Gasteiger partial charge in [0.15, 0.2) is 0 Å². The number of aryl methyl sites for hydroxylation is 1. The number of pyridine rings is 1. The molecule has 1 amide bonds. The number of benzene rings is 2. The highest BCUT2D eigenvalue weighted by atomic mass is 32.2. The molecule has 8 nitrogen and oxygen atoms in total. The van der Waals surface area contributed by atoms with E-state index in [2.05, 4.69) is 62.3 Å². The number of fused-ring (bicyclic) bond motifs is 1. The van der Waals surface area contributed by atoms with Gasteiger partial charge in [0.1, 0.15) is 5.65 Å². The molecular formula is C33H37N5O3S. The quantitative estimate of drug-likeness (QED) is 0.129. The van der Waals surface area contributed by atoms with E-state index >= 15 is 0 Å². The molecule has 1 aliphatic heterocycles. The monoisotopic (exact) mass is 583 g/mol. The van der Waals surface area contributed by atoms with Crippen LogP contribution in [-0.2, 0) is 9.53 Å². The Morgan fingerprint density at radius 2 is 1.81 bits per heavy atom. The smallest absolute Gasteiger partial charge is 0.339 e. The Morgan fingerprint density at radius 1 is 1.10 bits per heavy atom. The highest BCUT2D eigenvalue weighted by Gasteiger charge is 2.21. The Labute approximate surface area is 251 Å². The molecular weight excluding hydrogens is 546 g/mol. The van der Waals surface area contributed by atoms with Gasteiger partial charge in [0.2, 0.25) is 5.91 Å². The average Bonchev–Trinajstić information content (AvgIpc) is 3.37. The maximum absolute atomic E-state index is 12.8. The average molecular weight is 584 g/mol. The van der Waals surface area contributed by atoms with Gasteiger partial charge in [-0.3, -0.25) is 4.79 Å². The third kappa shape index (κ3) is 6.37. The van der Waals surface area contributed by atoms with Crippen LogP contribution in [0.5, 0.6) is 0 Å². The topological polar surface area (TPSA) is 90.6 Å². The summed E-state index contributed by atoms with van der Waals surface area (Å²) in [5.41, 5.74) is 7.50. The standard InChI is InChI=1S/C33H37N5O3S/c1-6-29(39)35-28-19-24(9-8-22(28)5)30-27-18-25(33(40)41-21(3)4)20-34-32(27)36-31(30)23-10-12-26(13-11-23)37-14-16-38(17-15-37)42-7-2/h6,8-13,18-21H,1,7,14-17H2,2-5H3,(H,34,36)(H,35,39). The van der Waals surface area contributed by atoms with E-state index < -0.39 is 5.97 Å². The van der Waals surface area contributed by atoms with Crippen molar-refractivity contribution in [3.05, 3.63) is 78.5 Å². The summed E-state index contributed by atoms with van der Waals surface area (Å²) in [6, 6.07) is 16.3. The summed E-state index contributed by atoms with van der Waals surface area (Å²) in [5, 5.41) is 3.70. The van der Waals surface area contributed by atoms with Gasteiger partial charge in [-0.2, -0.15) is 0 Å². The number of carbonyl (C=O) groups excluding carboxylic acids is 2. The van der Waals surface area contributed by atoms with Crippen molar-refractivity contribution in [1.82, 2.24) is 14.3 Å². The Balaban J connectivity index is 1.57. The van der Waals surface area contributed by atoms with Crippen LogP contribution in [0.4, 0.5) is 11.4 Å². The Bertz CT molecular complexity index is 1600. The number of anilines is 2. The number of aromatic amines is 1. The van der Waals surface area contributed by atoms with Gasteiger partial charge in [0.05, 0.1) is 17.4 Å². The van der Waals surface area contributed by atoms with Crippen molar-refractivity contribution in [2.24, 2.45) is 0 Å². The van der Waals surface area contributed by atoms with Crippen LogP contribution in [0.1, 0.15) is 36.7 Å². The first-order chi connectivity index (χ1) is 20.3. The highest BCUT2D eigenvalue weighted by Crippen LogP contribution is 2.40. The van der Waals surface area contributed by atoms with Crippen molar-refractivity contribution < 1.29 is 14.3 Å². The molecule has 0 unspecified atom stereocenters. The van der Waals surface area contributed by atoms with Gasteiger partial charge in [-0.25, -0.2) is 14.1 Å². The molecule has 0 spiro atoms. The fourth-order valence-electron chi connectivity index (χ4n) is 5.17. The zero-order valence-corrected chi connectivity index (χ0v) is 25.4. The normalized spacial score (nSPS) is 13.9. The number of ether oxygens (including phenoxy) is 1. The van der Waals surface area contributed by atoms with Crippen LogP contribution in [0, 0.1) is 6.92 Å². The minimum absolute atomic E-state index is 0.241. The molecule has 0 atom stereocenters. The lowest BCUT2D eigenvalue weighted by atomic mass is 9.96. The summed E-state index contributed by atoms with van der Waals surface area (Å²) in [6.07, 6.45) is 2.56. The molecule has 42 heavy (non-hydrogen) atoms. The van der Waals surface area contributed by atoms with Crippen LogP contribution in [0.3, 0.4) is 0 Å². The molecule has 2 N–H and O–H groups in total. The second-order valence-corrected chi connectivity index (χ2v) is 11.9. The van der Waals surface area contributed by atoms with Gasteiger partial charge >= 0.3 is 5.97 Å². The molecule has 1 aliphatic rings. The number of amides is 1. The SMILES string of the molecule is C=CC(=O)Nc1cc(-c2c(-c3ccc(N4CCN(SCC)CC4)cc3)[nH]c3ncc(C(=O)OC(C)C)cc23)ccc1C. The minimum atomic E-state index is -0.419. The number of hydrogen-bond donors (Lipinski definition) is 2. The maximum Gasteiger partial charge on any atom is 0.339 e. The molecule has 2 aromatic carbocycles. The van der Waals surface area contributed by atoms with Crippen molar-refractivity contribution in [2.45, 2.75) is 33.8 Å². The second-order valence-electron chi connectivity index (χ2n) is 10.6. The summed E-state index contributed by atoms with van der Waals surface area (Å²) < 4.78 is 7.89. The van der Waals surface area contributed by atoms with Crippen LogP contribution in [0.2, 0.25) is 0 Å². The van der Waals surface area contributed by atoms with Gasteiger partial charge in [-0.1, -0.05) is 49.7 Å². The Kier molecular flexibility index (Phi) is 8.99. The molecule has 0 saturated carbocycles. The molecule has 0 bridgehead atoms. The van der Waals surface area contributed by atoms with E-state index in [1.807, 2.05) is 57.0 Å². The van der Waals surface area contributed by atoms with Crippen LogP contribution >= 0.6 is 11.9 Å². The number of esters is 1. The zero-order valence-electron chi connectivity index (χ0n) is 24.6. The number of H-pyrrole nitrogens is 1. The number of piperazine rings is 1. The number of nitrogens with one attached hydrogen (secondary N) is 2. The molecule has 9 heteroatoms. The van der Waals surface area contributed by atoms with Crippen molar-refractivity contribution in [3.63, 3.8) is 0 Å². The van der Waals surface area contributed by atoms with Gasteiger partial charge in [-0.05, 0) is 67.8 Å². The van der Waals surface area contributed by atoms with E-state index in [0.717, 1.165) is 65.3 Å². The lowest BCUT2D eigenvalue weighted by Gasteiger charge is -2.35.